The van der Waals surface area contributed by atoms with Gasteiger partial charge < -0.3 is 39.1 Å². The lowest BCUT2D eigenvalue weighted by Gasteiger charge is -2.39. The Morgan fingerprint density at radius 3 is 1.45 bits per heavy atom. The molecule has 1 atom stereocenters. The molecule has 4 aromatic heterocycles. The third kappa shape index (κ3) is 8.97. The molecule has 64 heavy (non-hydrogen) atoms. The van der Waals surface area contributed by atoms with Gasteiger partial charge in [-0.25, -0.2) is 37.5 Å². The lowest BCUT2D eigenvalue weighted by molar-refractivity contribution is -0.143. The molecule has 10 rings (SSSR count). The van der Waals surface area contributed by atoms with Gasteiger partial charge in [0, 0.05) is 74.9 Å². The minimum atomic E-state index is -0.839. The Labute approximate surface area is 361 Å². The predicted octanol–water partition coefficient (Wildman–Crippen LogP) is 4.92. The van der Waals surface area contributed by atoms with E-state index in [0.717, 1.165) is 22.3 Å². The van der Waals surface area contributed by atoms with Gasteiger partial charge in [0.15, 0.2) is 23.3 Å². The van der Waals surface area contributed by atoms with E-state index >= 15 is 0 Å². The molecule has 2 aromatic carbocycles. The largest absolute Gasteiger partial charge is 0.481 e. The van der Waals surface area contributed by atoms with Gasteiger partial charge in [-0.05, 0) is 72.2 Å². The van der Waals surface area contributed by atoms with Crippen molar-refractivity contribution in [2.24, 2.45) is 17.8 Å². The van der Waals surface area contributed by atoms with Gasteiger partial charge in [0.1, 0.15) is 0 Å². The van der Waals surface area contributed by atoms with Crippen LogP contribution < -0.4 is 20.4 Å². The lowest BCUT2D eigenvalue weighted by Crippen LogP contribution is -2.51. The van der Waals surface area contributed by atoms with Crippen molar-refractivity contribution in [1.82, 2.24) is 40.3 Å². The number of halogens is 4. The summed E-state index contributed by atoms with van der Waals surface area (Å²) in [5.41, 5.74) is 4.25. The number of benzene rings is 2. The van der Waals surface area contributed by atoms with E-state index in [1.54, 1.807) is 31.7 Å². The van der Waals surface area contributed by atoms with Gasteiger partial charge >= 0.3 is 24.0 Å². The Bertz CT molecular complexity index is 2610. The van der Waals surface area contributed by atoms with Crippen LogP contribution in [0.5, 0.6) is 0 Å². The highest BCUT2D eigenvalue weighted by Crippen LogP contribution is 2.32. The van der Waals surface area contributed by atoms with Crippen LogP contribution in [0, 0.1) is 41.0 Å². The van der Waals surface area contributed by atoms with Crippen molar-refractivity contribution in [2.75, 3.05) is 53.7 Å². The number of hydrogen-bond donors (Lipinski definition) is 3. The van der Waals surface area contributed by atoms with Crippen LogP contribution in [0.3, 0.4) is 0 Å². The summed E-state index contributed by atoms with van der Waals surface area (Å²) < 4.78 is 69.8. The number of esters is 1. The van der Waals surface area contributed by atoms with Crippen LogP contribution >= 0.6 is 0 Å². The molecule has 6 aromatic rings. The van der Waals surface area contributed by atoms with E-state index in [1.807, 2.05) is 9.80 Å². The molecule has 2 saturated heterocycles. The second-order valence-corrected chi connectivity index (χ2v) is 16.3. The Kier molecular flexibility index (Phi) is 11.5. The molecule has 0 radical (unpaired) electrons. The maximum Gasteiger partial charge on any atom is 0.318 e. The van der Waals surface area contributed by atoms with Crippen LogP contribution in [0.2, 0.25) is 0 Å². The van der Waals surface area contributed by atoms with Crippen molar-refractivity contribution < 1.29 is 45.8 Å². The Morgan fingerprint density at radius 2 is 1.08 bits per heavy atom. The van der Waals surface area contributed by atoms with E-state index in [4.69, 9.17) is 13.9 Å². The van der Waals surface area contributed by atoms with Crippen LogP contribution in [0.15, 0.2) is 57.9 Å². The van der Waals surface area contributed by atoms with E-state index in [9.17, 15) is 27.2 Å². The summed E-state index contributed by atoms with van der Waals surface area (Å²) in [6, 6.07) is 5.60. The van der Waals surface area contributed by atoms with Gasteiger partial charge in [-0.15, -0.1) is 10.2 Å². The number of carbonyl (C=O) groups excluding carboxylic acids is 1. The van der Waals surface area contributed by atoms with Crippen LogP contribution in [0.4, 0.5) is 41.5 Å². The van der Waals surface area contributed by atoms with Crippen molar-refractivity contribution in [2.45, 2.75) is 51.1 Å². The molecule has 0 spiro atoms. The van der Waals surface area contributed by atoms with Crippen molar-refractivity contribution in [3.63, 3.8) is 0 Å². The number of carboxylic acid groups (broad SMARTS) is 1. The topological polar surface area (TPSA) is 224 Å². The summed E-state index contributed by atoms with van der Waals surface area (Å²) in [5.74, 6) is -3.20. The first-order chi connectivity index (χ1) is 30.8. The van der Waals surface area contributed by atoms with E-state index in [-0.39, 0.29) is 35.8 Å². The molecule has 0 amide bonds. The zero-order valence-corrected chi connectivity index (χ0v) is 34.3. The molecule has 22 heteroatoms. The van der Waals surface area contributed by atoms with E-state index < -0.39 is 35.2 Å². The normalized spacial score (nSPS) is 16.6. The molecule has 1 unspecified atom stereocenters. The van der Waals surface area contributed by atoms with Crippen molar-refractivity contribution in [3.05, 3.63) is 94.6 Å². The van der Waals surface area contributed by atoms with Crippen molar-refractivity contribution >= 4 is 35.9 Å². The molecule has 0 saturated carbocycles. The Morgan fingerprint density at radius 1 is 0.688 bits per heavy atom. The second kappa shape index (κ2) is 17.5. The predicted molar refractivity (Wildman–Crippen MR) is 218 cm³/mol. The monoisotopic (exact) mass is 884 g/mol. The first kappa shape index (κ1) is 42.1. The summed E-state index contributed by atoms with van der Waals surface area (Å²) >= 11 is 0. The highest BCUT2D eigenvalue weighted by atomic mass is 19.2. The second-order valence-electron chi connectivity index (χ2n) is 16.3. The number of ether oxygens (including phenoxy) is 1. The fraction of sp³-hybridized carbons (Fsp3) is 0.381. The average molecular weight is 885 g/mol. The van der Waals surface area contributed by atoms with Crippen LogP contribution in [-0.4, -0.2) is 103 Å². The summed E-state index contributed by atoms with van der Waals surface area (Å²) in [6.45, 7) is 4.08. The number of hydrogen-bond acceptors (Lipinski definition) is 17. The molecular formula is C42H40F4N12O6. The van der Waals surface area contributed by atoms with Crippen LogP contribution in [-0.2, 0) is 40.0 Å². The van der Waals surface area contributed by atoms with Gasteiger partial charge in [0.25, 0.3) is 11.8 Å². The molecule has 2 aliphatic carbocycles. The number of nitrogens with zero attached hydrogens (tertiary/aromatic N) is 10. The number of rotatable bonds is 12. The minimum Gasteiger partial charge on any atom is -0.481 e. The summed E-state index contributed by atoms with van der Waals surface area (Å²) in [4.78, 5) is 43.3. The third-order valence-corrected chi connectivity index (χ3v) is 11.8. The molecule has 6 heterocycles. The maximum absolute atomic E-state index is 13.4. The maximum atomic E-state index is 13.4. The smallest absolute Gasteiger partial charge is 0.318 e. The van der Waals surface area contributed by atoms with Crippen LogP contribution in [0.25, 0.3) is 22.9 Å². The molecular weight excluding hydrogens is 845 g/mol. The zero-order valence-electron chi connectivity index (χ0n) is 34.3. The summed E-state index contributed by atoms with van der Waals surface area (Å²) in [6.07, 6.45) is 8.87. The van der Waals surface area contributed by atoms with Crippen molar-refractivity contribution in [1.29, 1.82) is 0 Å². The number of nitrogens with one attached hydrogen (secondary N) is 2. The molecule has 332 valence electrons. The molecule has 2 aliphatic heterocycles. The standard InChI is InChI=1S/2C21H20F2N6O3/c1-31-18(30)2-11-9-29(10-11)21-28-27-19(32-21)14-7-24-20(25-8-14)26-15-3-12-5-16(22)17(23)6-13(12)4-15;1-10(19(30)31)14-8-29(9-14)21-28-27-18(32-21)13-6-24-20(25-7-13)26-15-2-11-4-16(22)17(23)5-12(11)3-15/h5-8,11,15H,2-4,9-10H2,1H3,(H,24,25,26);4-7,10,14-15H,2-3,8-9H2,1H3,(H,30,31)(H,24,25,26). The zero-order chi connectivity index (χ0) is 44.6. The van der Waals surface area contributed by atoms with E-state index in [0.29, 0.717) is 99.2 Å². The van der Waals surface area contributed by atoms with Crippen LogP contribution in [0.1, 0.15) is 35.6 Å². The molecule has 2 fully saturated rings. The highest BCUT2D eigenvalue weighted by Gasteiger charge is 2.37. The number of methoxy groups -OCH3 is 1. The number of anilines is 4. The number of carboxylic acids is 1. The van der Waals surface area contributed by atoms with Gasteiger partial charge in [0.2, 0.25) is 11.9 Å². The quantitative estimate of drug-likeness (QED) is 0.110. The fourth-order valence-corrected chi connectivity index (χ4v) is 8.10. The van der Waals surface area contributed by atoms with Gasteiger partial charge in [-0.1, -0.05) is 17.1 Å². The molecule has 18 nitrogen and oxygen atoms in total. The molecule has 4 aliphatic rings. The van der Waals surface area contributed by atoms with Crippen molar-refractivity contribution in [3.8, 4) is 22.9 Å². The molecule has 0 bridgehead atoms. The number of fused-ring (bicyclic) bond motifs is 2. The minimum absolute atomic E-state index is 0.0450. The summed E-state index contributed by atoms with van der Waals surface area (Å²) in [5, 5.41) is 31.6. The highest BCUT2D eigenvalue weighted by molar-refractivity contribution is 5.71. The third-order valence-electron chi connectivity index (χ3n) is 11.8. The fourth-order valence-electron chi connectivity index (χ4n) is 8.10. The average Bonchev–Trinajstić information content (AvgIpc) is 4.07. The number of aliphatic carboxylic acids is 1. The number of carbonyl (C=O) groups is 2. The number of aromatic nitrogens is 8. The van der Waals surface area contributed by atoms with Gasteiger partial charge in [0.05, 0.1) is 30.6 Å². The first-order valence-electron chi connectivity index (χ1n) is 20.4. The van der Waals surface area contributed by atoms with E-state index in [2.05, 4.69) is 55.7 Å². The SMILES string of the molecule is CC(C(=O)O)C1CN(c2nnc(-c3cnc(NC4Cc5cc(F)c(F)cc5C4)nc3)o2)C1.COC(=O)CC1CN(c2nnc(-c3cnc(NC4Cc5cc(F)c(F)cc5C4)nc3)o2)C1. The summed E-state index contributed by atoms with van der Waals surface area (Å²) in [7, 11) is 1.38. The van der Waals surface area contributed by atoms with E-state index in [1.165, 1.54) is 31.4 Å². The Hall–Kier alpha value is -7.26. The van der Waals surface area contributed by atoms with Gasteiger partial charge in [-0.3, -0.25) is 9.59 Å². The van der Waals surface area contributed by atoms with Gasteiger partial charge in [-0.2, -0.15) is 0 Å². The Balaban J connectivity index is 0.000000162. The molecule has 3 N–H and O–H groups in total. The lowest BCUT2D eigenvalue weighted by atomic mass is 9.87. The first-order valence-corrected chi connectivity index (χ1v) is 20.4.